The third kappa shape index (κ3) is 2.45. The number of carbonyl (C=O) groups is 1. The third-order valence-electron chi connectivity index (χ3n) is 3.00. The lowest BCUT2D eigenvalue weighted by atomic mass is 10.1. The fraction of sp³-hybridized carbons (Fsp3) is 0.286. The van der Waals surface area contributed by atoms with Gasteiger partial charge in [-0.2, -0.15) is 4.98 Å². The summed E-state index contributed by atoms with van der Waals surface area (Å²) >= 11 is 0. The van der Waals surface area contributed by atoms with Crippen LogP contribution >= 0.6 is 0 Å². The van der Waals surface area contributed by atoms with Crippen molar-refractivity contribution in [2.75, 3.05) is 0 Å². The van der Waals surface area contributed by atoms with Crippen molar-refractivity contribution in [1.82, 2.24) is 4.98 Å². The standard InChI is InChI=1S/C14H13NO4/c1-8-3-2-4-10(7-8)11-13(19-14(16)17)15-12(18-11)9-5-6-9/h2-4,7,9H,5-6H2,1H3,(H,16,17). The van der Waals surface area contributed by atoms with Gasteiger partial charge in [-0.3, -0.25) is 0 Å². The predicted octanol–water partition coefficient (Wildman–Crippen LogP) is 3.58. The minimum atomic E-state index is -1.38. The van der Waals surface area contributed by atoms with E-state index in [1.165, 1.54) is 0 Å². The second-order valence-corrected chi connectivity index (χ2v) is 4.70. The fourth-order valence-electron chi connectivity index (χ4n) is 1.95. The van der Waals surface area contributed by atoms with E-state index in [1.807, 2.05) is 31.2 Å². The van der Waals surface area contributed by atoms with Crippen molar-refractivity contribution in [3.63, 3.8) is 0 Å². The van der Waals surface area contributed by atoms with Crippen molar-refractivity contribution in [3.8, 4) is 17.2 Å². The topological polar surface area (TPSA) is 72.6 Å². The van der Waals surface area contributed by atoms with Crippen LogP contribution in [0.1, 0.15) is 30.2 Å². The third-order valence-corrected chi connectivity index (χ3v) is 3.00. The Morgan fingerprint density at radius 3 is 2.89 bits per heavy atom. The van der Waals surface area contributed by atoms with Crippen LogP contribution in [0.3, 0.4) is 0 Å². The SMILES string of the molecule is Cc1cccc(-c2oc(C3CC3)nc2OC(=O)O)c1. The van der Waals surface area contributed by atoms with Gasteiger partial charge in [0.05, 0.1) is 0 Å². The van der Waals surface area contributed by atoms with Gasteiger partial charge in [-0.15, -0.1) is 0 Å². The number of rotatable bonds is 3. The van der Waals surface area contributed by atoms with Crippen molar-refractivity contribution in [1.29, 1.82) is 0 Å². The fourth-order valence-corrected chi connectivity index (χ4v) is 1.95. The molecule has 5 heteroatoms. The molecule has 1 fully saturated rings. The van der Waals surface area contributed by atoms with Gasteiger partial charge in [0.15, 0.2) is 5.76 Å². The molecule has 5 nitrogen and oxygen atoms in total. The lowest BCUT2D eigenvalue weighted by molar-refractivity contribution is 0.142. The van der Waals surface area contributed by atoms with Crippen LogP contribution in [0.25, 0.3) is 11.3 Å². The zero-order chi connectivity index (χ0) is 13.4. The number of oxazole rings is 1. The number of aryl methyl sites for hydroxylation is 1. The van der Waals surface area contributed by atoms with E-state index < -0.39 is 6.16 Å². The van der Waals surface area contributed by atoms with Crippen molar-refractivity contribution in [2.45, 2.75) is 25.7 Å². The summed E-state index contributed by atoms with van der Waals surface area (Å²) in [5, 5.41) is 8.75. The van der Waals surface area contributed by atoms with E-state index in [0.717, 1.165) is 24.0 Å². The van der Waals surface area contributed by atoms with Gasteiger partial charge < -0.3 is 14.3 Å². The summed E-state index contributed by atoms with van der Waals surface area (Å²) in [6, 6.07) is 7.60. The van der Waals surface area contributed by atoms with Gasteiger partial charge in [-0.25, -0.2) is 4.79 Å². The van der Waals surface area contributed by atoms with Crippen LogP contribution in [0.2, 0.25) is 0 Å². The zero-order valence-electron chi connectivity index (χ0n) is 10.4. The quantitative estimate of drug-likeness (QED) is 0.853. The highest BCUT2D eigenvalue weighted by atomic mass is 16.7. The first-order chi connectivity index (χ1) is 9.13. The normalized spacial score (nSPS) is 14.4. The Labute approximate surface area is 109 Å². The molecule has 0 spiro atoms. The largest absolute Gasteiger partial charge is 0.512 e. The first kappa shape index (κ1) is 11.8. The van der Waals surface area contributed by atoms with Crippen LogP contribution in [0.4, 0.5) is 4.79 Å². The second-order valence-electron chi connectivity index (χ2n) is 4.70. The molecule has 1 aromatic heterocycles. The number of hydrogen-bond donors (Lipinski definition) is 1. The van der Waals surface area contributed by atoms with Crippen LogP contribution in [-0.2, 0) is 0 Å². The van der Waals surface area contributed by atoms with Crippen LogP contribution in [0, 0.1) is 6.92 Å². The molecule has 0 bridgehead atoms. The first-order valence-electron chi connectivity index (χ1n) is 6.12. The average Bonchev–Trinajstić information content (AvgIpc) is 3.11. The molecule has 0 radical (unpaired) electrons. The summed E-state index contributed by atoms with van der Waals surface area (Å²) in [5.41, 5.74) is 1.83. The minimum absolute atomic E-state index is 0.0278. The highest BCUT2D eigenvalue weighted by molar-refractivity contribution is 5.68. The average molecular weight is 259 g/mol. The molecule has 1 heterocycles. The Hall–Kier alpha value is -2.30. The molecule has 98 valence electrons. The first-order valence-corrected chi connectivity index (χ1v) is 6.12. The van der Waals surface area contributed by atoms with Crippen LogP contribution in [0.5, 0.6) is 5.88 Å². The van der Waals surface area contributed by atoms with E-state index in [0.29, 0.717) is 17.6 Å². The van der Waals surface area contributed by atoms with E-state index in [4.69, 9.17) is 14.3 Å². The van der Waals surface area contributed by atoms with Crippen molar-refractivity contribution in [2.24, 2.45) is 0 Å². The lowest BCUT2D eigenvalue weighted by Gasteiger charge is -2.00. The maximum absolute atomic E-state index is 10.7. The highest BCUT2D eigenvalue weighted by Gasteiger charge is 2.31. The number of ether oxygens (including phenoxy) is 1. The molecule has 3 rings (SSSR count). The molecule has 19 heavy (non-hydrogen) atoms. The van der Waals surface area contributed by atoms with Gasteiger partial charge in [-0.1, -0.05) is 23.8 Å². The number of hydrogen-bond acceptors (Lipinski definition) is 4. The summed E-state index contributed by atoms with van der Waals surface area (Å²) < 4.78 is 10.4. The molecule has 0 aliphatic heterocycles. The van der Waals surface area contributed by atoms with E-state index in [-0.39, 0.29) is 5.88 Å². The molecule has 2 aromatic rings. The number of carboxylic acid groups (broad SMARTS) is 1. The number of benzene rings is 1. The summed E-state index contributed by atoms with van der Waals surface area (Å²) in [4.78, 5) is 14.9. The highest BCUT2D eigenvalue weighted by Crippen LogP contribution is 2.43. The van der Waals surface area contributed by atoms with Gasteiger partial charge in [0.25, 0.3) is 5.88 Å². The monoisotopic (exact) mass is 259 g/mol. The Bertz CT molecular complexity index is 628. The molecule has 1 saturated carbocycles. The molecule has 0 saturated heterocycles. The van der Waals surface area contributed by atoms with Gasteiger partial charge in [-0.05, 0) is 25.8 Å². The summed E-state index contributed by atoms with van der Waals surface area (Å²) in [5.74, 6) is 1.27. The van der Waals surface area contributed by atoms with Gasteiger partial charge in [0.1, 0.15) is 0 Å². The lowest BCUT2D eigenvalue weighted by Crippen LogP contribution is -2.04. The number of nitrogens with zero attached hydrogens (tertiary/aromatic N) is 1. The van der Waals surface area contributed by atoms with Crippen molar-refractivity contribution in [3.05, 3.63) is 35.7 Å². The Kier molecular flexibility index (Phi) is 2.74. The molecular weight excluding hydrogens is 246 g/mol. The molecule has 0 amide bonds. The van der Waals surface area contributed by atoms with Crippen LogP contribution < -0.4 is 4.74 Å². The molecule has 0 atom stereocenters. The molecule has 1 aliphatic carbocycles. The van der Waals surface area contributed by atoms with Gasteiger partial charge >= 0.3 is 6.16 Å². The smallest absolute Gasteiger partial charge is 0.449 e. The van der Waals surface area contributed by atoms with E-state index in [9.17, 15) is 4.79 Å². The maximum Gasteiger partial charge on any atom is 0.512 e. The minimum Gasteiger partial charge on any atom is -0.449 e. The van der Waals surface area contributed by atoms with Crippen molar-refractivity contribution < 1.29 is 19.1 Å². The van der Waals surface area contributed by atoms with E-state index >= 15 is 0 Å². The van der Waals surface area contributed by atoms with Crippen LogP contribution in [-0.4, -0.2) is 16.2 Å². The summed E-state index contributed by atoms with van der Waals surface area (Å²) in [6.07, 6.45) is 0.671. The molecule has 1 N–H and O–H groups in total. The molecular formula is C14H13NO4. The van der Waals surface area contributed by atoms with E-state index in [1.54, 1.807) is 0 Å². The Morgan fingerprint density at radius 1 is 1.47 bits per heavy atom. The molecule has 1 aromatic carbocycles. The summed E-state index contributed by atoms with van der Waals surface area (Å²) in [7, 11) is 0. The maximum atomic E-state index is 10.7. The van der Waals surface area contributed by atoms with Gasteiger partial charge in [0.2, 0.25) is 5.89 Å². The molecule has 0 unspecified atom stereocenters. The van der Waals surface area contributed by atoms with Crippen LogP contribution in [0.15, 0.2) is 28.7 Å². The van der Waals surface area contributed by atoms with Crippen molar-refractivity contribution >= 4 is 6.16 Å². The number of aromatic nitrogens is 1. The summed E-state index contributed by atoms with van der Waals surface area (Å²) in [6.45, 7) is 1.96. The Balaban J connectivity index is 2.04. The second kappa shape index (κ2) is 4.42. The van der Waals surface area contributed by atoms with Gasteiger partial charge in [0, 0.05) is 11.5 Å². The zero-order valence-corrected chi connectivity index (χ0v) is 10.4. The predicted molar refractivity (Wildman–Crippen MR) is 67.3 cm³/mol. The Morgan fingerprint density at radius 2 is 2.26 bits per heavy atom. The van der Waals surface area contributed by atoms with E-state index in [2.05, 4.69) is 4.98 Å². The molecule has 1 aliphatic rings.